The Hall–Kier alpha value is -2.05. The molecule has 0 aromatic heterocycles. The second-order valence-corrected chi connectivity index (χ2v) is 4.98. The van der Waals surface area contributed by atoms with Gasteiger partial charge in [-0.05, 0) is 25.0 Å². The highest BCUT2D eigenvalue weighted by Crippen LogP contribution is 2.27. The first kappa shape index (κ1) is 19.0. The van der Waals surface area contributed by atoms with Crippen LogP contribution in [0.25, 0.3) is 0 Å². The molecular weight excluding hydrogens is 304 g/mol. The molecule has 0 saturated carbocycles. The summed E-state index contributed by atoms with van der Waals surface area (Å²) in [7, 11) is 0. The highest BCUT2D eigenvalue weighted by molar-refractivity contribution is 5.77. The Labute approximate surface area is 135 Å². The lowest BCUT2D eigenvalue weighted by atomic mass is 10.2. The molecule has 0 saturated heterocycles. The largest absolute Gasteiger partial charge is 0.493 e. The van der Waals surface area contributed by atoms with Crippen LogP contribution in [0.5, 0.6) is 11.5 Å². The molecule has 0 unspecified atom stereocenters. The monoisotopic (exact) mass is 329 g/mol. The number of unbranched alkanes of at least 4 members (excludes halogenated alkanes) is 1. The zero-order valence-corrected chi connectivity index (χ0v) is 13.6. The van der Waals surface area contributed by atoms with Crippen molar-refractivity contribution >= 4 is 5.96 Å². The number of guanidine groups is 1. The van der Waals surface area contributed by atoms with Crippen molar-refractivity contribution in [2.45, 2.75) is 46.3 Å². The van der Waals surface area contributed by atoms with Crippen LogP contribution in [0, 0.1) is 0 Å². The maximum absolute atomic E-state index is 12.6. The lowest BCUT2D eigenvalue weighted by Gasteiger charge is -2.12. The summed E-state index contributed by atoms with van der Waals surface area (Å²) in [6, 6.07) is 4.82. The Bertz CT molecular complexity index is 496. The van der Waals surface area contributed by atoms with E-state index < -0.39 is 6.61 Å². The van der Waals surface area contributed by atoms with E-state index in [1.165, 1.54) is 6.07 Å². The number of nitrogens with zero attached hydrogens (tertiary/aromatic N) is 1. The Morgan fingerprint density at radius 2 is 2.09 bits per heavy atom. The van der Waals surface area contributed by atoms with Crippen LogP contribution in [0.3, 0.4) is 0 Å². The van der Waals surface area contributed by atoms with Gasteiger partial charge in [-0.2, -0.15) is 8.78 Å². The van der Waals surface area contributed by atoms with Crippen molar-refractivity contribution in [2.24, 2.45) is 10.7 Å². The first-order valence-corrected chi connectivity index (χ1v) is 7.81. The third-order valence-electron chi connectivity index (χ3n) is 2.98. The van der Waals surface area contributed by atoms with Crippen molar-refractivity contribution in [1.82, 2.24) is 5.32 Å². The zero-order chi connectivity index (χ0) is 17.1. The Balaban J connectivity index is 2.76. The molecule has 23 heavy (non-hydrogen) atoms. The summed E-state index contributed by atoms with van der Waals surface area (Å²) in [6.45, 7) is 2.54. The van der Waals surface area contributed by atoms with E-state index in [1.807, 2.05) is 6.92 Å². The molecule has 0 heterocycles. The van der Waals surface area contributed by atoms with Crippen LogP contribution < -0.4 is 20.5 Å². The number of rotatable bonds is 10. The van der Waals surface area contributed by atoms with E-state index in [1.54, 1.807) is 12.1 Å². The van der Waals surface area contributed by atoms with Gasteiger partial charge in [-0.3, -0.25) is 0 Å². The van der Waals surface area contributed by atoms with Crippen LogP contribution in [-0.4, -0.2) is 25.7 Å². The van der Waals surface area contributed by atoms with Crippen LogP contribution in [0.15, 0.2) is 23.2 Å². The number of hydrogen-bond acceptors (Lipinski definition) is 3. The van der Waals surface area contributed by atoms with E-state index in [0.717, 1.165) is 25.8 Å². The summed E-state index contributed by atoms with van der Waals surface area (Å²) in [6.07, 6.45) is 2.86. The van der Waals surface area contributed by atoms with E-state index in [2.05, 4.69) is 22.0 Å². The van der Waals surface area contributed by atoms with Gasteiger partial charge in [0.15, 0.2) is 5.96 Å². The molecule has 0 aliphatic carbocycles. The molecule has 3 N–H and O–H groups in total. The van der Waals surface area contributed by atoms with Crippen molar-refractivity contribution in [3.05, 3.63) is 23.8 Å². The fourth-order valence-electron chi connectivity index (χ4n) is 1.80. The van der Waals surface area contributed by atoms with Crippen molar-refractivity contribution in [1.29, 1.82) is 0 Å². The number of halogens is 2. The highest BCUT2D eigenvalue weighted by atomic mass is 19.3. The van der Waals surface area contributed by atoms with Crippen LogP contribution >= 0.6 is 0 Å². The molecule has 5 nitrogen and oxygen atoms in total. The second-order valence-electron chi connectivity index (χ2n) is 4.98. The summed E-state index contributed by atoms with van der Waals surface area (Å²) in [5.41, 5.74) is 6.26. The smallest absolute Gasteiger partial charge is 0.387 e. The predicted octanol–water partition coefficient (Wildman–Crippen LogP) is 3.28. The number of aliphatic imine (C=N–C) groups is 1. The van der Waals surface area contributed by atoms with Gasteiger partial charge in [-0.25, -0.2) is 4.99 Å². The van der Waals surface area contributed by atoms with E-state index >= 15 is 0 Å². The average Bonchev–Trinajstić information content (AvgIpc) is 2.51. The molecule has 0 aliphatic rings. The molecule has 0 atom stereocenters. The Morgan fingerprint density at radius 3 is 2.74 bits per heavy atom. The lowest BCUT2D eigenvalue weighted by molar-refractivity contribution is -0.0505. The number of alkyl halides is 2. The van der Waals surface area contributed by atoms with Gasteiger partial charge in [0.1, 0.15) is 11.5 Å². The van der Waals surface area contributed by atoms with Gasteiger partial charge < -0.3 is 20.5 Å². The number of hydrogen-bond donors (Lipinski definition) is 2. The van der Waals surface area contributed by atoms with Crippen LogP contribution in [0.1, 0.15) is 38.7 Å². The number of nitrogens with one attached hydrogen (secondary N) is 1. The van der Waals surface area contributed by atoms with Gasteiger partial charge >= 0.3 is 6.61 Å². The SMILES string of the molecule is CCCCNC(N)=NCc1ccc(OCCC)cc1OC(F)F. The Morgan fingerprint density at radius 1 is 1.30 bits per heavy atom. The molecule has 0 spiro atoms. The number of benzene rings is 1. The van der Waals surface area contributed by atoms with Crippen molar-refractivity contribution < 1.29 is 18.3 Å². The van der Waals surface area contributed by atoms with E-state index in [0.29, 0.717) is 17.9 Å². The Kier molecular flexibility index (Phi) is 8.79. The summed E-state index contributed by atoms with van der Waals surface area (Å²) < 4.78 is 35.1. The molecule has 1 rings (SSSR count). The van der Waals surface area contributed by atoms with Crippen LogP contribution in [0.2, 0.25) is 0 Å². The van der Waals surface area contributed by atoms with Gasteiger partial charge in [0.05, 0.1) is 13.2 Å². The average molecular weight is 329 g/mol. The molecule has 130 valence electrons. The second kappa shape index (κ2) is 10.6. The fraction of sp³-hybridized carbons (Fsp3) is 0.562. The normalized spacial score (nSPS) is 11.6. The quantitative estimate of drug-likeness (QED) is 0.393. The highest BCUT2D eigenvalue weighted by Gasteiger charge is 2.11. The molecule has 7 heteroatoms. The lowest BCUT2D eigenvalue weighted by Crippen LogP contribution is -2.32. The van der Waals surface area contributed by atoms with Gasteiger partial charge in [0, 0.05) is 18.2 Å². The van der Waals surface area contributed by atoms with Crippen molar-refractivity contribution in [2.75, 3.05) is 13.2 Å². The van der Waals surface area contributed by atoms with Crippen molar-refractivity contribution in [3.63, 3.8) is 0 Å². The number of ether oxygens (including phenoxy) is 2. The predicted molar refractivity (Wildman–Crippen MR) is 87.1 cm³/mol. The summed E-state index contributed by atoms with van der Waals surface area (Å²) in [5, 5.41) is 2.97. The fourth-order valence-corrected chi connectivity index (χ4v) is 1.80. The minimum atomic E-state index is -2.90. The number of nitrogens with two attached hydrogens (primary N) is 1. The topological polar surface area (TPSA) is 68.9 Å². The van der Waals surface area contributed by atoms with E-state index in [4.69, 9.17) is 10.5 Å². The summed E-state index contributed by atoms with van der Waals surface area (Å²) in [5.74, 6) is 0.829. The molecular formula is C16H25F2N3O2. The molecule has 0 radical (unpaired) electrons. The first-order valence-electron chi connectivity index (χ1n) is 7.81. The van der Waals surface area contributed by atoms with Crippen molar-refractivity contribution in [3.8, 4) is 11.5 Å². The van der Waals surface area contributed by atoms with E-state index in [9.17, 15) is 8.78 Å². The maximum Gasteiger partial charge on any atom is 0.387 e. The zero-order valence-electron chi connectivity index (χ0n) is 13.6. The molecule has 1 aromatic carbocycles. The van der Waals surface area contributed by atoms with Gasteiger partial charge in [0.2, 0.25) is 0 Å². The van der Waals surface area contributed by atoms with Gasteiger partial charge in [-0.15, -0.1) is 0 Å². The van der Waals surface area contributed by atoms with Crippen LogP contribution in [-0.2, 0) is 6.54 Å². The molecule has 1 aromatic rings. The third-order valence-corrected chi connectivity index (χ3v) is 2.98. The molecule has 0 amide bonds. The molecule has 0 bridgehead atoms. The standard InChI is InChI=1S/C16H25F2N3O2/c1-3-5-8-20-16(19)21-11-12-6-7-13(22-9-4-2)10-14(12)23-15(17)18/h6-7,10,15H,3-5,8-9,11H2,1-2H3,(H3,19,20,21). The van der Waals surface area contributed by atoms with E-state index in [-0.39, 0.29) is 18.3 Å². The minimum Gasteiger partial charge on any atom is -0.493 e. The first-order chi connectivity index (χ1) is 11.1. The summed E-state index contributed by atoms with van der Waals surface area (Å²) >= 11 is 0. The van der Waals surface area contributed by atoms with Crippen LogP contribution in [0.4, 0.5) is 8.78 Å². The molecule has 0 fully saturated rings. The summed E-state index contributed by atoms with van der Waals surface area (Å²) in [4.78, 5) is 4.14. The minimum absolute atomic E-state index is 0.0544. The van der Waals surface area contributed by atoms with Gasteiger partial charge in [-0.1, -0.05) is 20.3 Å². The third kappa shape index (κ3) is 7.67. The molecule has 0 aliphatic heterocycles. The van der Waals surface area contributed by atoms with Gasteiger partial charge in [0.25, 0.3) is 0 Å². The maximum atomic E-state index is 12.6.